The molecule has 1 saturated heterocycles. The molecule has 0 aromatic carbocycles. The van der Waals surface area contributed by atoms with Crippen molar-refractivity contribution in [3.8, 4) is 0 Å². The van der Waals surface area contributed by atoms with Crippen molar-refractivity contribution in [2.75, 3.05) is 6.61 Å². The topological polar surface area (TPSA) is 120 Å². The number of rotatable bonds is 2. The van der Waals surface area contributed by atoms with Crippen LogP contribution in [0.15, 0.2) is 0 Å². The quantitative estimate of drug-likeness (QED) is 0.213. The van der Waals surface area contributed by atoms with Gasteiger partial charge in [0.25, 0.3) is 0 Å². The second-order valence-electron chi connectivity index (χ2n) is 2.94. The lowest BCUT2D eigenvalue weighted by Gasteiger charge is -2.35. The summed E-state index contributed by atoms with van der Waals surface area (Å²) in [6.07, 6.45) is -4.46. The molecule has 1 fully saturated rings. The van der Waals surface area contributed by atoms with Crippen molar-refractivity contribution in [1.82, 2.24) is 10.9 Å². The third kappa shape index (κ3) is 2.74. The Bertz CT molecular complexity index is 217. The third-order valence-corrected chi connectivity index (χ3v) is 1.94. The monoisotopic (exact) mass is 223 g/mol. The summed E-state index contributed by atoms with van der Waals surface area (Å²) in [7, 11) is 0. The Morgan fingerprint density at radius 2 is 2.00 bits per heavy atom. The molecule has 8 heteroatoms. The lowest BCUT2D eigenvalue weighted by Crippen LogP contribution is -2.61. The first kappa shape index (κ1) is 11.6. The molecule has 0 aromatic rings. The van der Waals surface area contributed by atoms with Crippen LogP contribution in [-0.4, -0.2) is 51.6 Å². The van der Waals surface area contributed by atoms with Crippen molar-refractivity contribution in [3.05, 3.63) is 0 Å². The Balaban J connectivity index is 2.42. The van der Waals surface area contributed by atoms with E-state index in [0.717, 1.165) is 0 Å². The van der Waals surface area contributed by atoms with E-state index in [4.69, 9.17) is 15.6 Å². The summed E-state index contributed by atoms with van der Waals surface area (Å²) in [5.74, 6) is 0. The minimum Gasteiger partial charge on any atom is -0.388 e. The zero-order valence-corrected chi connectivity index (χ0v) is 8.07. The maximum absolute atomic E-state index is 9.40. The molecule has 1 heterocycles. The highest BCUT2D eigenvalue weighted by Gasteiger charge is 2.37. The number of thiocarbonyl (C=S) groups is 1. The van der Waals surface area contributed by atoms with Gasteiger partial charge in [0.2, 0.25) is 0 Å². The first-order valence-corrected chi connectivity index (χ1v) is 4.40. The Morgan fingerprint density at radius 1 is 1.36 bits per heavy atom. The van der Waals surface area contributed by atoms with Gasteiger partial charge in [-0.3, -0.25) is 5.43 Å². The van der Waals surface area contributed by atoms with Gasteiger partial charge in [0.1, 0.15) is 18.3 Å². The van der Waals surface area contributed by atoms with E-state index >= 15 is 0 Å². The van der Waals surface area contributed by atoms with E-state index in [2.05, 4.69) is 23.1 Å². The summed E-state index contributed by atoms with van der Waals surface area (Å²) >= 11 is 4.51. The first-order chi connectivity index (χ1) is 6.52. The van der Waals surface area contributed by atoms with Crippen molar-refractivity contribution >= 4 is 17.3 Å². The van der Waals surface area contributed by atoms with Gasteiger partial charge in [-0.05, 0) is 12.2 Å². The fourth-order valence-electron chi connectivity index (χ4n) is 1.08. The van der Waals surface area contributed by atoms with Crippen LogP contribution in [0.25, 0.3) is 0 Å². The summed E-state index contributed by atoms with van der Waals surface area (Å²) in [6.45, 7) is -0.0745. The van der Waals surface area contributed by atoms with Crippen LogP contribution in [0.3, 0.4) is 0 Å². The largest absolute Gasteiger partial charge is 0.388 e. The van der Waals surface area contributed by atoms with Gasteiger partial charge in [-0.2, -0.15) is 0 Å². The molecule has 7 N–H and O–H groups in total. The number of hydrogen-bond acceptors (Lipinski definition) is 6. The van der Waals surface area contributed by atoms with Crippen molar-refractivity contribution in [2.45, 2.75) is 24.5 Å². The highest BCUT2D eigenvalue weighted by molar-refractivity contribution is 7.80. The van der Waals surface area contributed by atoms with Gasteiger partial charge >= 0.3 is 0 Å². The Labute approximate surface area is 85.8 Å². The summed E-state index contributed by atoms with van der Waals surface area (Å²) in [6, 6.07) is 0. The molecule has 82 valence electrons. The Hall–Kier alpha value is -0.510. The maximum atomic E-state index is 9.40. The van der Waals surface area contributed by atoms with Crippen LogP contribution in [0.4, 0.5) is 0 Å². The summed E-state index contributed by atoms with van der Waals surface area (Å²) in [5.41, 5.74) is 9.95. The smallest absolute Gasteiger partial charge is 0.178 e. The normalized spacial score (nSPS) is 37.9. The number of nitrogens with one attached hydrogen (secondary N) is 2. The van der Waals surface area contributed by atoms with Crippen LogP contribution in [0, 0.1) is 0 Å². The summed E-state index contributed by atoms with van der Waals surface area (Å²) in [5, 5.41) is 27.8. The highest BCUT2D eigenvalue weighted by atomic mass is 32.1. The number of ether oxygens (including phenoxy) is 1. The Kier molecular flexibility index (Phi) is 3.98. The predicted octanol–water partition coefficient (Wildman–Crippen LogP) is -3.24. The zero-order chi connectivity index (χ0) is 10.7. The molecule has 4 atom stereocenters. The molecule has 1 rings (SSSR count). The van der Waals surface area contributed by atoms with E-state index in [0.29, 0.717) is 0 Å². The average Bonchev–Trinajstić information content (AvgIpc) is 2.13. The van der Waals surface area contributed by atoms with Crippen LogP contribution in [0.1, 0.15) is 0 Å². The molecule has 0 amide bonds. The summed E-state index contributed by atoms with van der Waals surface area (Å²) < 4.78 is 4.97. The molecular weight excluding hydrogens is 210 g/mol. The van der Waals surface area contributed by atoms with Gasteiger partial charge in [-0.1, -0.05) is 0 Å². The molecule has 0 radical (unpaired) electrons. The van der Waals surface area contributed by atoms with Crippen LogP contribution in [0.5, 0.6) is 0 Å². The van der Waals surface area contributed by atoms with Crippen molar-refractivity contribution < 1.29 is 20.1 Å². The molecule has 0 saturated carbocycles. The zero-order valence-electron chi connectivity index (χ0n) is 7.25. The second-order valence-corrected chi connectivity index (χ2v) is 3.38. The molecule has 14 heavy (non-hydrogen) atoms. The number of hydrogen-bond donors (Lipinski definition) is 6. The maximum Gasteiger partial charge on any atom is 0.178 e. The first-order valence-electron chi connectivity index (χ1n) is 3.99. The molecule has 0 spiro atoms. The minimum atomic E-state index is -1.26. The van der Waals surface area contributed by atoms with Gasteiger partial charge in [0.05, 0.1) is 6.61 Å². The van der Waals surface area contributed by atoms with Crippen LogP contribution < -0.4 is 16.6 Å². The molecule has 0 bridgehead atoms. The van der Waals surface area contributed by atoms with Crippen molar-refractivity contribution in [2.24, 2.45) is 5.73 Å². The molecule has 1 aliphatic heterocycles. The second kappa shape index (κ2) is 4.82. The van der Waals surface area contributed by atoms with E-state index < -0.39 is 24.5 Å². The van der Waals surface area contributed by atoms with E-state index in [9.17, 15) is 10.2 Å². The van der Waals surface area contributed by atoms with Gasteiger partial charge < -0.3 is 25.8 Å². The van der Waals surface area contributed by atoms with Gasteiger partial charge in [0.15, 0.2) is 11.3 Å². The molecule has 0 aromatic heterocycles. The highest BCUT2D eigenvalue weighted by Crippen LogP contribution is 2.12. The van der Waals surface area contributed by atoms with E-state index in [1.807, 2.05) is 0 Å². The Morgan fingerprint density at radius 3 is 2.57 bits per heavy atom. The molecule has 7 nitrogen and oxygen atoms in total. The van der Waals surface area contributed by atoms with Gasteiger partial charge in [-0.15, -0.1) is 0 Å². The molecule has 1 unspecified atom stereocenters. The SMILES string of the molecule is NC(=S)NNC1OC[C@@H](O)[C@H](O)[C@H]1O. The number of aliphatic hydroxyl groups excluding tert-OH is 3. The van der Waals surface area contributed by atoms with E-state index in [-0.39, 0.29) is 11.7 Å². The molecular formula is C6H13N3O4S. The van der Waals surface area contributed by atoms with E-state index in [1.165, 1.54) is 0 Å². The number of hydrazine groups is 1. The number of nitrogens with two attached hydrogens (primary N) is 1. The van der Waals surface area contributed by atoms with E-state index in [1.54, 1.807) is 0 Å². The van der Waals surface area contributed by atoms with Crippen LogP contribution >= 0.6 is 12.2 Å². The molecule has 1 aliphatic rings. The van der Waals surface area contributed by atoms with Gasteiger partial charge in [-0.25, -0.2) is 5.43 Å². The average molecular weight is 223 g/mol. The van der Waals surface area contributed by atoms with Gasteiger partial charge in [0, 0.05) is 0 Å². The van der Waals surface area contributed by atoms with Crippen molar-refractivity contribution in [3.63, 3.8) is 0 Å². The number of aliphatic hydroxyl groups is 3. The summed E-state index contributed by atoms with van der Waals surface area (Å²) in [4.78, 5) is 0. The van der Waals surface area contributed by atoms with Crippen molar-refractivity contribution in [1.29, 1.82) is 0 Å². The standard InChI is InChI=1S/C6H13N3O4S/c7-6(14)9-8-5-4(12)3(11)2(10)1-13-5/h2-5,8,10-12H,1H2,(H3,7,9,14)/t2-,3+,4-,5?/m1/s1. The third-order valence-electron chi connectivity index (χ3n) is 1.84. The lowest BCUT2D eigenvalue weighted by molar-refractivity contribution is -0.196. The van der Waals surface area contributed by atoms with Crippen LogP contribution in [0.2, 0.25) is 0 Å². The lowest BCUT2D eigenvalue weighted by atomic mass is 10.1. The van der Waals surface area contributed by atoms with Crippen LogP contribution in [-0.2, 0) is 4.74 Å². The molecule has 0 aliphatic carbocycles. The minimum absolute atomic E-state index is 0.0126. The fourth-order valence-corrected chi connectivity index (χ4v) is 1.13. The fraction of sp³-hybridized carbons (Fsp3) is 0.833. The predicted molar refractivity (Wildman–Crippen MR) is 50.8 cm³/mol.